The number of carbonyl (C=O) groups excluding carboxylic acids is 1. The summed E-state index contributed by atoms with van der Waals surface area (Å²) in [6, 6.07) is 20.7. The number of amides is 2. The van der Waals surface area contributed by atoms with E-state index >= 15 is 0 Å². The predicted octanol–water partition coefficient (Wildman–Crippen LogP) is 5.18. The van der Waals surface area contributed by atoms with E-state index in [9.17, 15) is 4.79 Å². The Morgan fingerprint density at radius 3 is 2.58 bits per heavy atom. The normalized spacial score (nSPS) is 10.4. The Bertz CT molecular complexity index is 864. The second-order valence-electron chi connectivity index (χ2n) is 5.78. The molecule has 0 fully saturated rings. The van der Waals surface area contributed by atoms with Gasteiger partial charge in [0, 0.05) is 13.6 Å². The van der Waals surface area contributed by atoms with Crippen molar-refractivity contribution in [1.29, 1.82) is 0 Å². The summed E-state index contributed by atoms with van der Waals surface area (Å²) in [4.78, 5) is 13.8. The molecule has 5 nitrogen and oxygen atoms in total. The fourth-order valence-electron chi connectivity index (χ4n) is 2.40. The van der Waals surface area contributed by atoms with Crippen molar-refractivity contribution in [2.45, 2.75) is 13.1 Å². The van der Waals surface area contributed by atoms with E-state index in [-0.39, 0.29) is 6.03 Å². The molecule has 0 aliphatic rings. The summed E-state index contributed by atoms with van der Waals surface area (Å²) >= 11 is 3.25. The van der Waals surface area contributed by atoms with Gasteiger partial charge in [-0.3, -0.25) is 0 Å². The fraction of sp³-hybridized carbons (Fsp3) is 0.150. The van der Waals surface area contributed by atoms with Crippen molar-refractivity contribution >= 4 is 22.0 Å². The Labute approximate surface area is 160 Å². The molecule has 0 bridgehead atoms. The fourth-order valence-corrected chi connectivity index (χ4v) is 2.74. The van der Waals surface area contributed by atoms with Gasteiger partial charge in [-0.2, -0.15) is 0 Å². The lowest BCUT2D eigenvalue weighted by molar-refractivity contribution is 0.202. The Balaban J connectivity index is 1.54. The zero-order chi connectivity index (χ0) is 18.4. The molecule has 0 saturated carbocycles. The molecule has 0 aliphatic carbocycles. The third-order valence-electron chi connectivity index (χ3n) is 3.69. The number of benzene rings is 2. The Hall–Kier alpha value is -2.73. The predicted molar refractivity (Wildman–Crippen MR) is 103 cm³/mol. The highest BCUT2D eigenvalue weighted by Crippen LogP contribution is 2.21. The van der Waals surface area contributed by atoms with Crippen LogP contribution >= 0.6 is 15.9 Å². The lowest BCUT2D eigenvalue weighted by Gasteiger charge is -2.17. The van der Waals surface area contributed by atoms with Crippen LogP contribution in [-0.4, -0.2) is 18.0 Å². The minimum atomic E-state index is -0.174. The van der Waals surface area contributed by atoms with Gasteiger partial charge in [-0.1, -0.05) is 30.3 Å². The van der Waals surface area contributed by atoms with Gasteiger partial charge in [-0.05, 0) is 57.9 Å². The third kappa shape index (κ3) is 5.13. The summed E-state index contributed by atoms with van der Waals surface area (Å²) in [5.74, 6) is 2.22. The Kier molecular flexibility index (Phi) is 5.96. The van der Waals surface area contributed by atoms with Crippen LogP contribution < -0.4 is 10.1 Å². The Morgan fingerprint density at radius 2 is 1.85 bits per heavy atom. The molecule has 0 radical (unpaired) electrons. The van der Waals surface area contributed by atoms with Crippen molar-refractivity contribution in [3.05, 3.63) is 82.7 Å². The number of halogens is 1. The molecule has 0 aliphatic heterocycles. The molecular weight excluding hydrogens is 396 g/mol. The van der Waals surface area contributed by atoms with E-state index < -0.39 is 0 Å². The molecule has 134 valence electrons. The van der Waals surface area contributed by atoms with E-state index in [0.717, 1.165) is 17.1 Å². The number of para-hydroxylation sites is 1. The van der Waals surface area contributed by atoms with Crippen molar-refractivity contribution in [2.24, 2.45) is 0 Å². The molecule has 2 aromatic carbocycles. The van der Waals surface area contributed by atoms with Crippen LogP contribution in [0.15, 0.2) is 75.8 Å². The molecule has 3 rings (SSSR count). The van der Waals surface area contributed by atoms with Crippen LogP contribution in [0.2, 0.25) is 0 Å². The van der Waals surface area contributed by atoms with E-state index in [1.54, 1.807) is 18.0 Å². The van der Waals surface area contributed by atoms with Crippen LogP contribution in [-0.2, 0) is 13.1 Å². The Morgan fingerprint density at radius 1 is 1.08 bits per heavy atom. The minimum absolute atomic E-state index is 0.174. The number of nitrogens with one attached hydrogen (secondary N) is 1. The maximum atomic E-state index is 12.2. The molecule has 2 amide bonds. The highest BCUT2D eigenvalue weighted by atomic mass is 79.9. The first kappa shape index (κ1) is 18.1. The summed E-state index contributed by atoms with van der Waals surface area (Å²) in [7, 11) is 1.72. The lowest BCUT2D eigenvalue weighted by Crippen LogP contribution is -2.36. The number of hydrogen-bond donors (Lipinski definition) is 1. The first-order chi connectivity index (χ1) is 12.6. The molecule has 0 unspecified atom stereocenters. The van der Waals surface area contributed by atoms with E-state index in [0.29, 0.717) is 23.5 Å². The van der Waals surface area contributed by atoms with Crippen molar-refractivity contribution in [3.63, 3.8) is 0 Å². The summed E-state index contributed by atoms with van der Waals surface area (Å²) in [6.45, 7) is 0.811. The van der Waals surface area contributed by atoms with E-state index in [1.165, 1.54) is 0 Å². The smallest absolute Gasteiger partial charge is 0.317 e. The van der Waals surface area contributed by atoms with Crippen LogP contribution in [0.4, 0.5) is 4.79 Å². The van der Waals surface area contributed by atoms with Crippen LogP contribution in [0.1, 0.15) is 11.3 Å². The van der Waals surface area contributed by atoms with Crippen LogP contribution in [0, 0.1) is 0 Å². The SMILES string of the molecule is CN(Cc1ccc(Br)o1)C(=O)NCc1cccc(Oc2ccccc2)c1. The maximum absolute atomic E-state index is 12.2. The second-order valence-corrected chi connectivity index (χ2v) is 6.56. The van der Waals surface area contributed by atoms with Gasteiger partial charge in [-0.25, -0.2) is 4.79 Å². The highest BCUT2D eigenvalue weighted by Gasteiger charge is 2.11. The number of ether oxygens (including phenoxy) is 1. The number of nitrogens with zero attached hydrogens (tertiary/aromatic N) is 1. The van der Waals surface area contributed by atoms with Gasteiger partial charge in [0.25, 0.3) is 0 Å². The summed E-state index contributed by atoms with van der Waals surface area (Å²) in [6.07, 6.45) is 0. The average Bonchev–Trinajstić information content (AvgIpc) is 3.05. The topological polar surface area (TPSA) is 54.7 Å². The minimum Gasteiger partial charge on any atom is -0.457 e. The van der Waals surface area contributed by atoms with Crippen LogP contribution in [0.3, 0.4) is 0 Å². The first-order valence-corrected chi connectivity index (χ1v) is 8.94. The van der Waals surface area contributed by atoms with Gasteiger partial charge in [0.1, 0.15) is 17.3 Å². The van der Waals surface area contributed by atoms with E-state index in [1.807, 2.05) is 60.7 Å². The highest BCUT2D eigenvalue weighted by molar-refractivity contribution is 9.10. The molecule has 1 N–H and O–H groups in total. The number of urea groups is 1. The first-order valence-electron chi connectivity index (χ1n) is 8.15. The molecule has 26 heavy (non-hydrogen) atoms. The number of hydrogen-bond acceptors (Lipinski definition) is 3. The quantitative estimate of drug-likeness (QED) is 0.604. The average molecular weight is 415 g/mol. The number of carbonyl (C=O) groups is 1. The molecular formula is C20H19BrN2O3. The standard InChI is InChI=1S/C20H19BrN2O3/c1-23(14-18-10-11-19(21)26-18)20(24)22-13-15-6-5-9-17(12-15)25-16-7-3-2-4-8-16/h2-12H,13-14H2,1H3,(H,22,24). The molecule has 0 saturated heterocycles. The van der Waals surface area contributed by atoms with Gasteiger partial charge in [0.15, 0.2) is 4.67 Å². The zero-order valence-corrected chi connectivity index (χ0v) is 15.9. The van der Waals surface area contributed by atoms with E-state index in [4.69, 9.17) is 9.15 Å². The lowest BCUT2D eigenvalue weighted by atomic mass is 10.2. The third-order valence-corrected chi connectivity index (χ3v) is 4.12. The van der Waals surface area contributed by atoms with Gasteiger partial charge in [0.2, 0.25) is 0 Å². The van der Waals surface area contributed by atoms with Crippen molar-refractivity contribution in [2.75, 3.05) is 7.05 Å². The van der Waals surface area contributed by atoms with Crippen molar-refractivity contribution in [1.82, 2.24) is 10.2 Å². The largest absolute Gasteiger partial charge is 0.457 e. The number of furan rings is 1. The molecule has 1 aromatic heterocycles. The van der Waals surface area contributed by atoms with Crippen LogP contribution in [0.25, 0.3) is 0 Å². The van der Waals surface area contributed by atoms with E-state index in [2.05, 4.69) is 21.2 Å². The van der Waals surface area contributed by atoms with Gasteiger partial charge in [-0.15, -0.1) is 0 Å². The van der Waals surface area contributed by atoms with Gasteiger partial charge < -0.3 is 19.4 Å². The number of rotatable bonds is 6. The van der Waals surface area contributed by atoms with Crippen molar-refractivity contribution in [3.8, 4) is 11.5 Å². The molecule has 0 atom stereocenters. The molecule has 3 aromatic rings. The summed E-state index contributed by atoms with van der Waals surface area (Å²) in [5, 5.41) is 2.89. The van der Waals surface area contributed by atoms with Crippen LogP contribution in [0.5, 0.6) is 11.5 Å². The zero-order valence-electron chi connectivity index (χ0n) is 14.3. The molecule has 1 heterocycles. The second kappa shape index (κ2) is 8.58. The summed E-state index contributed by atoms with van der Waals surface area (Å²) in [5.41, 5.74) is 0.959. The molecule has 0 spiro atoms. The van der Waals surface area contributed by atoms with Gasteiger partial charge >= 0.3 is 6.03 Å². The van der Waals surface area contributed by atoms with Gasteiger partial charge in [0.05, 0.1) is 6.54 Å². The monoisotopic (exact) mass is 414 g/mol. The molecule has 6 heteroatoms. The van der Waals surface area contributed by atoms with Crippen molar-refractivity contribution < 1.29 is 13.9 Å². The maximum Gasteiger partial charge on any atom is 0.317 e. The summed E-state index contributed by atoms with van der Waals surface area (Å²) < 4.78 is 11.9.